The molecule has 206 valence electrons. The van der Waals surface area contributed by atoms with Crippen LogP contribution >= 0.6 is 0 Å². The largest absolute Gasteiger partial charge is 0.486 e. The van der Waals surface area contributed by atoms with E-state index >= 15 is 0 Å². The number of hydrogen-bond acceptors (Lipinski definition) is 10. The Balaban J connectivity index is 1.56. The van der Waals surface area contributed by atoms with E-state index in [2.05, 4.69) is 49.9 Å². The molecule has 0 spiro atoms. The Bertz CT molecular complexity index is 1160. The zero-order chi connectivity index (χ0) is 27.4. The molecule has 0 unspecified atom stereocenters. The van der Waals surface area contributed by atoms with Gasteiger partial charge in [0.2, 0.25) is 5.95 Å². The van der Waals surface area contributed by atoms with Gasteiger partial charge in [-0.25, -0.2) is 14.2 Å². The Hall–Kier alpha value is -3.58. The van der Waals surface area contributed by atoms with Crippen LogP contribution < -0.4 is 25.7 Å². The average molecular weight is 530 g/mol. The first-order valence-corrected chi connectivity index (χ1v) is 12.8. The SMILES string of the molecule is CNC(=O)N(N=N)c1cc(Nc2ncc(F)c(N[C@@H]3C[C@@H]4CCCN4C(C)(C)C3)n2)ccc1O[C@@H](C)CO. The molecule has 13 heteroatoms. The van der Waals surface area contributed by atoms with Crippen molar-refractivity contribution in [1.29, 1.82) is 5.53 Å². The first-order valence-electron chi connectivity index (χ1n) is 12.8. The number of nitrogens with one attached hydrogen (secondary N) is 4. The third kappa shape index (κ3) is 5.94. The molecule has 2 aliphatic heterocycles. The predicted octanol–water partition coefficient (Wildman–Crippen LogP) is 4.03. The second kappa shape index (κ2) is 11.4. The van der Waals surface area contributed by atoms with Gasteiger partial charge in [-0.3, -0.25) is 4.90 Å². The molecule has 3 atom stereocenters. The van der Waals surface area contributed by atoms with Crippen molar-refractivity contribution >= 4 is 29.2 Å². The van der Waals surface area contributed by atoms with Crippen molar-refractivity contribution in [2.75, 3.05) is 35.8 Å². The van der Waals surface area contributed by atoms with E-state index in [0.29, 0.717) is 11.7 Å². The topological polar surface area (TPSA) is 151 Å². The third-order valence-electron chi connectivity index (χ3n) is 7.08. The van der Waals surface area contributed by atoms with Gasteiger partial charge in [0.25, 0.3) is 0 Å². The lowest BCUT2D eigenvalue weighted by Crippen LogP contribution is -2.55. The minimum absolute atomic E-state index is 0.0228. The summed E-state index contributed by atoms with van der Waals surface area (Å²) in [7, 11) is 1.41. The van der Waals surface area contributed by atoms with Gasteiger partial charge in [0.05, 0.1) is 12.8 Å². The number of aliphatic hydroxyl groups excluding tert-OH is 1. The monoisotopic (exact) mass is 529 g/mol. The molecule has 2 aromatic rings. The quantitative estimate of drug-likeness (QED) is 0.241. The van der Waals surface area contributed by atoms with E-state index in [0.717, 1.165) is 37.0 Å². The van der Waals surface area contributed by atoms with Crippen LogP contribution in [0.5, 0.6) is 5.75 Å². The molecule has 2 saturated heterocycles. The number of halogens is 1. The molecule has 1 aromatic heterocycles. The summed E-state index contributed by atoms with van der Waals surface area (Å²) in [5.74, 6) is -0.0210. The molecule has 3 heterocycles. The number of carbonyl (C=O) groups excluding carboxylic acids is 1. The molecule has 2 aliphatic rings. The minimum Gasteiger partial charge on any atom is -0.486 e. The maximum Gasteiger partial charge on any atom is 0.343 e. The molecule has 0 saturated carbocycles. The van der Waals surface area contributed by atoms with Crippen LogP contribution in [-0.2, 0) is 0 Å². The number of piperidine rings is 1. The van der Waals surface area contributed by atoms with E-state index in [4.69, 9.17) is 10.3 Å². The number of hydrogen-bond donors (Lipinski definition) is 5. The van der Waals surface area contributed by atoms with Gasteiger partial charge >= 0.3 is 6.03 Å². The zero-order valence-electron chi connectivity index (χ0n) is 22.2. The van der Waals surface area contributed by atoms with Gasteiger partial charge in [0.15, 0.2) is 11.6 Å². The lowest BCUT2D eigenvalue weighted by atomic mass is 9.84. The molecule has 0 aliphatic carbocycles. The number of nitrogens with zero attached hydrogens (tertiary/aromatic N) is 5. The number of aliphatic hydroxyl groups is 1. The highest BCUT2D eigenvalue weighted by Crippen LogP contribution is 2.39. The van der Waals surface area contributed by atoms with E-state index in [1.54, 1.807) is 19.1 Å². The molecule has 5 N–H and O–H groups in total. The molecular weight excluding hydrogens is 493 g/mol. The summed E-state index contributed by atoms with van der Waals surface area (Å²) in [6.07, 6.45) is 4.70. The van der Waals surface area contributed by atoms with Gasteiger partial charge in [-0.05, 0) is 71.2 Å². The number of rotatable bonds is 9. The van der Waals surface area contributed by atoms with Gasteiger partial charge in [0.1, 0.15) is 17.5 Å². The highest BCUT2D eigenvalue weighted by Gasteiger charge is 2.43. The predicted molar refractivity (Wildman–Crippen MR) is 141 cm³/mol. The Morgan fingerprint density at radius 3 is 2.95 bits per heavy atom. The van der Waals surface area contributed by atoms with Crippen molar-refractivity contribution in [3.8, 4) is 5.75 Å². The highest BCUT2D eigenvalue weighted by atomic mass is 19.1. The van der Waals surface area contributed by atoms with Gasteiger partial charge in [-0.2, -0.15) is 15.5 Å². The number of anilines is 4. The van der Waals surface area contributed by atoms with Crippen molar-refractivity contribution in [2.24, 2.45) is 5.22 Å². The summed E-state index contributed by atoms with van der Waals surface area (Å²) in [5.41, 5.74) is 8.12. The van der Waals surface area contributed by atoms with Crippen LogP contribution in [0.25, 0.3) is 0 Å². The summed E-state index contributed by atoms with van der Waals surface area (Å²) in [6, 6.07) is 4.68. The van der Waals surface area contributed by atoms with Gasteiger partial charge in [-0.1, -0.05) is 5.22 Å². The van der Waals surface area contributed by atoms with Crippen LogP contribution in [-0.4, -0.2) is 69.9 Å². The van der Waals surface area contributed by atoms with E-state index in [1.165, 1.54) is 19.5 Å². The number of aromatic nitrogens is 2. The average Bonchev–Trinajstić information content (AvgIpc) is 3.37. The zero-order valence-corrected chi connectivity index (χ0v) is 22.2. The minimum atomic E-state index is -0.653. The van der Waals surface area contributed by atoms with Crippen molar-refractivity contribution in [1.82, 2.24) is 20.2 Å². The van der Waals surface area contributed by atoms with Crippen LogP contribution in [0.1, 0.15) is 46.5 Å². The van der Waals surface area contributed by atoms with Crippen molar-refractivity contribution in [3.05, 3.63) is 30.2 Å². The molecule has 12 nitrogen and oxygen atoms in total. The van der Waals surface area contributed by atoms with E-state index in [-0.39, 0.29) is 41.4 Å². The summed E-state index contributed by atoms with van der Waals surface area (Å²) in [5, 5.41) is 22.3. The fraction of sp³-hybridized carbons (Fsp3) is 0.560. The summed E-state index contributed by atoms with van der Waals surface area (Å²) in [4.78, 5) is 23.3. The van der Waals surface area contributed by atoms with E-state index in [9.17, 15) is 14.3 Å². The molecule has 1 aromatic carbocycles. The van der Waals surface area contributed by atoms with Gasteiger partial charge in [-0.15, -0.1) is 0 Å². The number of ether oxygens (including phenoxy) is 1. The summed E-state index contributed by atoms with van der Waals surface area (Å²) in [6.45, 7) is 7.00. The maximum atomic E-state index is 14.7. The Kier molecular flexibility index (Phi) is 8.26. The van der Waals surface area contributed by atoms with E-state index in [1.807, 2.05) is 0 Å². The number of carbonyl (C=O) groups is 1. The Morgan fingerprint density at radius 1 is 1.45 bits per heavy atom. The van der Waals surface area contributed by atoms with Gasteiger partial charge < -0.3 is 25.8 Å². The molecule has 0 bridgehead atoms. The standard InChI is InChI=1S/C25H36FN9O3/c1-15(14-36)38-21-8-7-16(11-20(21)35(33-27)24(37)28-4)31-23-29-13-19(26)22(32-23)30-17-10-18-6-5-9-34(18)25(2,3)12-17/h7-8,11,13,15,17-18,27,36H,5-6,9-10,12,14H2,1-4H3,(H,28,37)(H2,29,30,31,32)/t15-,17+,18-/m0/s1. The first kappa shape index (κ1) is 27.5. The third-order valence-corrected chi connectivity index (χ3v) is 7.08. The Labute approximate surface area is 221 Å². The second-order valence-corrected chi connectivity index (χ2v) is 10.4. The van der Waals surface area contributed by atoms with Crippen molar-refractivity contribution < 1.29 is 19.0 Å². The summed E-state index contributed by atoms with van der Waals surface area (Å²) < 4.78 is 20.4. The second-order valence-electron chi connectivity index (χ2n) is 10.4. The fourth-order valence-electron chi connectivity index (χ4n) is 5.40. The maximum absolute atomic E-state index is 14.7. The smallest absolute Gasteiger partial charge is 0.343 e. The summed E-state index contributed by atoms with van der Waals surface area (Å²) >= 11 is 0. The highest BCUT2D eigenvalue weighted by molar-refractivity contribution is 5.93. The van der Waals surface area contributed by atoms with Crippen LogP contribution in [0.3, 0.4) is 0 Å². The molecule has 2 amide bonds. The number of fused-ring (bicyclic) bond motifs is 1. The lowest BCUT2D eigenvalue weighted by molar-refractivity contribution is 0.0500. The molecular formula is C25H36FN9O3. The number of urea groups is 1. The normalized spacial score (nSPS) is 21.2. The van der Waals surface area contributed by atoms with Crippen molar-refractivity contribution in [3.63, 3.8) is 0 Å². The Morgan fingerprint density at radius 2 is 2.24 bits per heavy atom. The molecule has 4 rings (SSSR count). The molecule has 38 heavy (non-hydrogen) atoms. The van der Waals surface area contributed by atoms with Gasteiger partial charge in [0, 0.05) is 30.4 Å². The fourth-order valence-corrected chi connectivity index (χ4v) is 5.40. The van der Waals surface area contributed by atoms with Crippen LogP contribution in [0.2, 0.25) is 0 Å². The van der Waals surface area contributed by atoms with Crippen LogP contribution in [0.4, 0.5) is 32.3 Å². The number of amides is 2. The van der Waals surface area contributed by atoms with Crippen molar-refractivity contribution in [2.45, 2.75) is 70.2 Å². The lowest BCUT2D eigenvalue weighted by Gasteiger charge is -2.47. The number of benzene rings is 1. The van der Waals surface area contributed by atoms with Crippen LogP contribution in [0.15, 0.2) is 29.6 Å². The molecule has 2 fully saturated rings. The van der Waals surface area contributed by atoms with Crippen LogP contribution in [0, 0.1) is 11.3 Å². The van der Waals surface area contributed by atoms with E-state index < -0.39 is 18.0 Å². The first-order chi connectivity index (χ1) is 18.1. The molecule has 0 radical (unpaired) electrons.